The van der Waals surface area contributed by atoms with E-state index >= 15 is 0 Å². The van der Waals surface area contributed by atoms with Crippen LogP contribution in [0.4, 0.5) is 0 Å². The monoisotopic (exact) mass is 368 g/mol. The predicted molar refractivity (Wildman–Crippen MR) is 110 cm³/mol. The SMILES string of the molecule is N#CC(=Cc1cccc(Oc2ccccc2)c1)C(=O)NCCc1ccccc1. The highest BCUT2D eigenvalue weighted by Crippen LogP contribution is 2.22. The molecule has 0 aliphatic carbocycles. The zero-order valence-corrected chi connectivity index (χ0v) is 15.3. The van der Waals surface area contributed by atoms with Crippen LogP contribution in [0, 0.1) is 11.3 Å². The van der Waals surface area contributed by atoms with Gasteiger partial charge < -0.3 is 10.1 Å². The maximum Gasteiger partial charge on any atom is 0.261 e. The lowest BCUT2D eigenvalue weighted by molar-refractivity contribution is -0.117. The van der Waals surface area contributed by atoms with Crippen molar-refractivity contribution in [1.29, 1.82) is 5.26 Å². The Morgan fingerprint density at radius 1 is 0.929 bits per heavy atom. The van der Waals surface area contributed by atoms with Gasteiger partial charge in [0.05, 0.1) is 0 Å². The molecule has 0 aliphatic heterocycles. The third-order valence-corrected chi connectivity index (χ3v) is 4.06. The van der Waals surface area contributed by atoms with E-state index in [1.165, 1.54) is 0 Å². The van der Waals surface area contributed by atoms with Crippen LogP contribution in [0.25, 0.3) is 6.08 Å². The molecule has 138 valence electrons. The average Bonchev–Trinajstić information content (AvgIpc) is 2.74. The van der Waals surface area contributed by atoms with E-state index in [2.05, 4.69) is 5.32 Å². The number of carbonyl (C=O) groups excluding carboxylic acids is 1. The van der Waals surface area contributed by atoms with E-state index in [4.69, 9.17) is 4.74 Å². The van der Waals surface area contributed by atoms with Crippen molar-refractivity contribution >= 4 is 12.0 Å². The molecule has 28 heavy (non-hydrogen) atoms. The third-order valence-electron chi connectivity index (χ3n) is 4.06. The van der Waals surface area contributed by atoms with Gasteiger partial charge in [0.15, 0.2) is 0 Å². The molecule has 3 aromatic rings. The summed E-state index contributed by atoms with van der Waals surface area (Å²) in [6, 6.07) is 28.6. The molecule has 0 saturated heterocycles. The normalized spacial score (nSPS) is 10.8. The molecule has 1 amide bonds. The van der Waals surface area contributed by atoms with Crippen molar-refractivity contribution in [1.82, 2.24) is 5.32 Å². The summed E-state index contributed by atoms with van der Waals surface area (Å²) in [5, 5.41) is 12.2. The van der Waals surface area contributed by atoms with Crippen molar-refractivity contribution in [2.75, 3.05) is 6.54 Å². The van der Waals surface area contributed by atoms with E-state index in [0.29, 0.717) is 18.7 Å². The molecule has 1 N–H and O–H groups in total. The van der Waals surface area contributed by atoms with Crippen LogP contribution in [0.1, 0.15) is 11.1 Å². The lowest BCUT2D eigenvalue weighted by Gasteiger charge is -2.07. The van der Waals surface area contributed by atoms with E-state index in [1.54, 1.807) is 12.1 Å². The van der Waals surface area contributed by atoms with Crippen LogP contribution in [0.3, 0.4) is 0 Å². The van der Waals surface area contributed by atoms with Crippen LogP contribution in [0.2, 0.25) is 0 Å². The maximum absolute atomic E-state index is 12.3. The number of nitrogens with zero attached hydrogens (tertiary/aromatic N) is 1. The standard InChI is InChI=1S/C24H20N2O2/c25-18-21(24(27)26-15-14-19-8-3-1-4-9-19)16-20-10-7-13-23(17-20)28-22-11-5-2-6-12-22/h1-13,16-17H,14-15H2,(H,26,27). The Bertz CT molecular complexity index is 990. The Hall–Kier alpha value is -3.84. The van der Waals surface area contributed by atoms with Gasteiger partial charge in [-0.15, -0.1) is 0 Å². The van der Waals surface area contributed by atoms with E-state index in [1.807, 2.05) is 84.9 Å². The summed E-state index contributed by atoms with van der Waals surface area (Å²) in [5.74, 6) is 0.984. The number of carbonyl (C=O) groups is 1. The van der Waals surface area contributed by atoms with Crippen LogP contribution in [-0.2, 0) is 11.2 Å². The molecule has 4 nitrogen and oxygen atoms in total. The van der Waals surface area contributed by atoms with Crippen LogP contribution in [-0.4, -0.2) is 12.5 Å². The molecular weight excluding hydrogens is 348 g/mol. The molecule has 3 aromatic carbocycles. The highest BCUT2D eigenvalue weighted by molar-refractivity contribution is 6.01. The fraction of sp³-hybridized carbons (Fsp3) is 0.0833. The van der Waals surface area contributed by atoms with Gasteiger partial charge in [-0.2, -0.15) is 5.26 Å². The van der Waals surface area contributed by atoms with Gasteiger partial charge >= 0.3 is 0 Å². The van der Waals surface area contributed by atoms with Crippen molar-refractivity contribution in [3.05, 3.63) is 102 Å². The van der Waals surface area contributed by atoms with Crippen molar-refractivity contribution < 1.29 is 9.53 Å². The van der Waals surface area contributed by atoms with Crippen LogP contribution in [0.5, 0.6) is 11.5 Å². The first-order chi connectivity index (χ1) is 13.7. The highest BCUT2D eigenvalue weighted by Gasteiger charge is 2.09. The minimum Gasteiger partial charge on any atom is -0.457 e. The number of benzene rings is 3. The lowest BCUT2D eigenvalue weighted by atomic mass is 10.1. The van der Waals surface area contributed by atoms with Gasteiger partial charge in [0.1, 0.15) is 23.1 Å². The highest BCUT2D eigenvalue weighted by atomic mass is 16.5. The van der Waals surface area contributed by atoms with Crippen molar-refractivity contribution in [3.8, 4) is 17.6 Å². The topological polar surface area (TPSA) is 62.1 Å². The Morgan fingerprint density at radius 2 is 1.61 bits per heavy atom. The Morgan fingerprint density at radius 3 is 2.32 bits per heavy atom. The Balaban J connectivity index is 1.64. The lowest BCUT2D eigenvalue weighted by Crippen LogP contribution is -2.26. The summed E-state index contributed by atoms with van der Waals surface area (Å²) in [6.45, 7) is 0.471. The van der Waals surface area contributed by atoms with Crippen LogP contribution < -0.4 is 10.1 Å². The number of hydrogen-bond acceptors (Lipinski definition) is 3. The molecule has 0 spiro atoms. The van der Waals surface area contributed by atoms with E-state index in [-0.39, 0.29) is 11.5 Å². The van der Waals surface area contributed by atoms with Crippen molar-refractivity contribution in [2.24, 2.45) is 0 Å². The van der Waals surface area contributed by atoms with Gasteiger partial charge in [-0.3, -0.25) is 4.79 Å². The first kappa shape index (κ1) is 18.9. The summed E-state index contributed by atoms with van der Waals surface area (Å²) < 4.78 is 5.80. The number of nitrogens with one attached hydrogen (secondary N) is 1. The van der Waals surface area contributed by atoms with Gasteiger partial charge in [0.2, 0.25) is 0 Å². The van der Waals surface area contributed by atoms with Gasteiger partial charge in [-0.05, 0) is 47.9 Å². The minimum absolute atomic E-state index is 0.0601. The minimum atomic E-state index is -0.382. The fourth-order valence-corrected chi connectivity index (χ4v) is 2.67. The quantitative estimate of drug-likeness (QED) is 0.484. The number of ether oxygens (including phenoxy) is 1. The first-order valence-corrected chi connectivity index (χ1v) is 9.01. The second-order valence-electron chi connectivity index (χ2n) is 6.15. The smallest absolute Gasteiger partial charge is 0.261 e. The fourth-order valence-electron chi connectivity index (χ4n) is 2.67. The summed E-state index contributed by atoms with van der Waals surface area (Å²) in [7, 11) is 0. The van der Waals surface area contributed by atoms with Crippen molar-refractivity contribution in [3.63, 3.8) is 0 Å². The van der Waals surface area contributed by atoms with Crippen LogP contribution in [0.15, 0.2) is 90.5 Å². The number of nitriles is 1. The molecule has 0 atom stereocenters. The summed E-state index contributed by atoms with van der Waals surface area (Å²) in [4.78, 5) is 12.3. The zero-order valence-electron chi connectivity index (χ0n) is 15.3. The van der Waals surface area contributed by atoms with Gasteiger partial charge in [0.25, 0.3) is 5.91 Å². The number of hydrogen-bond donors (Lipinski definition) is 1. The molecule has 0 aromatic heterocycles. The molecule has 3 rings (SSSR count). The van der Waals surface area contributed by atoms with Gasteiger partial charge in [-0.25, -0.2) is 0 Å². The molecule has 0 fully saturated rings. The van der Waals surface area contributed by atoms with Gasteiger partial charge in [-0.1, -0.05) is 60.7 Å². The number of para-hydroxylation sites is 1. The summed E-state index contributed by atoms with van der Waals surface area (Å²) in [5.41, 5.74) is 1.92. The number of amides is 1. The molecule has 0 aliphatic rings. The molecule has 0 heterocycles. The summed E-state index contributed by atoms with van der Waals surface area (Å²) >= 11 is 0. The largest absolute Gasteiger partial charge is 0.457 e. The van der Waals surface area contributed by atoms with E-state index in [0.717, 1.165) is 16.9 Å². The average molecular weight is 368 g/mol. The number of rotatable bonds is 7. The van der Waals surface area contributed by atoms with E-state index < -0.39 is 0 Å². The molecule has 0 radical (unpaired) electrons. The second kappa shape index (κ2) is 9.75. The summed E-state index contributed by atoms with van der Waals surface area (Å²) in [6.07, 6.45) is 2.28. The molecule has 0 unspecified atom stereocenters. The molecular formula is C24H20N2O2. The third kappa shape index (κ3) is 5.58. The van der Waals surface area contributed by atoms with E-state index in [9.17, 15) is 10.1 Å². The predicted octanol–water partition coefficient (Wildman–Crippen LogP) is 4.74. The Kier molecular flexibility index (Phi) is 6.59. The maximum atomic E-state index is 12.3. The zero-order chi connectivity index (χ0) is 19.6. The Labute approximate surface area is 164 Å². The van der Waals surface area contributed by atoms with Crippen LogP contribution >= 0.6 is 0 Å². The molecule has 0 saturated carbocycles. The first-order valence-electron chi connectivity index (χ1n) is 9.01. The van der Waals surface area contributed by atoms with Crippen molar-refractivity contribution in [2.45, 2.75) is 6.42 Å². The second-order valence-corrected chi connectivity index (χ2v) is 6.15. The van der Waals surface area contributed by atoms with Gasteiger partial charge in [0, 0.05) is 6.54 Å². The molecule has 4 heteroatoms. The molecule has 0 bridgehead atoms.